The summed E-state index contributed by atoms with van der Waals surface area (Å²) in [6.45, 7) is 8.62. The summed E-state index contributed by atoms with van der Waals surface area (Å²) in [5.74, 6) is -3.19. The second-order valence-corrected chi connectivity index (χ2v) is 7.78. The molecule has 2 aromatic rings. The second-order valence-electron chi connectivity index (χ2n) is 7.78. The zero-order chi connectivity index (χ0) is 22.1. The normalized spacial score (nSPS) is 16.4. The van der Waals surface area contributed by atoms with Crippen LogP contribution >= 0.6 is 0 Å². The van der Waals surface area contributed by atoms with Crippen molar-refractivity contribution in [3.8, 4) is 0 Å². The molecule has 1 fully saturated rings. The van der Waals surface area contributed by atoms with Crippen LogP contribution in [0.5, 0.6) is 0 Å². The minimum Gasteiger partial charge on any atom is -0.365 e. The topological polar surface area (TPSA) is 76.2 Å². The van der Waals surface area contributed by atoms with Gasteiger partial charge in [-0.1, -0.05) is 13.5 Å². The number of anilines is 1. The van der Waals surface area contributed by atoms with Crippen molar-refractivity contribution in [3.63, 3.8) is 0 Å². The Morgan fingerprint density at radius 1 is 1.27 bits per heavy atom. The number of hydrogen-bond acceptors (Lipinski definition) is 4. The van der Waals surface area contributed by atoms with Gasteiger partial charge in [0.15, 0.2) is 17.5 Å². The highest BCUT2D eigenvalue weighted by molar-refractivity contribution is 5.97. The predicted octanol–water partition coefficient (Wildman–Crippen LogP) is 3.75. The first kappa shape index (κ1) is 21.9. The number of allylic oxidation sites excluding steroid dienone is 1. The maximum atomic E-state index is 14.0. The predicted molar refractivity (Wildman–Crippen MR) is 108 cm³/mol. The number of nitrogens with two attached hydrogens (primary N) is 1. The number of benzene rings is 1. The number of aromatic nitrogens is 2. The molecule has 0 bridgehead atoms. The molecule has 1 amide bonds. The van der Waals surface area contributed by atoms with E-state index in [4.69, 9.17) is 5.73 Å². The molecule has 6 nitrogen and oxygen atoms in total. The van der Waals surface area contributed by atoms with Crippen molar-refractivity contribution in [1.82, 2.24) is 14.7 Å². The highest BCUT2D eigenvalue weighted by atomic mass is 19.2. The Labute approximate surface area is 173 Å². The molecule has 0 unspecified atom stereocenters. The molecule has 1 aliphatic heterocycles. The number of amides is 1. The van der Waals surface area contributed by atoms with Crippen LogP contribution < -0.4 is 11.1 Å². The van der Waals surface area contributed by atoms with Crippen LogP contribution in [0.25, 0.3) is 0 Å². The zero-order valence-corrected chi connectivity index (χ0v) is 17.1. The van der Waals surface area contributed by atoms with E-state index in [-0.39, 0.29) is 23.2 Å². The fourth-order valence-corrected chi connectivity index (χ4v) is 3.90. The molecule has 0 atom stereocenters. The summed E-state index contributed by atoms with van der Waals surface area (Å²) in [6, 6.07) is 1.73. The highest BCUT2D eigenvalue weighted by Crippen LogP contribution is 2.35. The molecule has 1 saturated heterocycles. The van der Waals surface area contributed by atoms with Gasteiger partial charge in [-0.25, -0.2) is 13.2 Å². The van der Waals surface area contributed by atoms with Crippen LogP contribution in [-0.2, 0) is 12.1 Å². The smallest absolute Gasteiger partial charge is 0.254 e. The Bertz CT molecular complexity index is 964. The molecule has 0 spiro atoms. The van der Waals surface area contributed by atoms with E-state index >= 15 is 0 Å². The number of nitrogens with one attached hydrogen (secondary N) is 1. The first-order valence-electron chi connectivity index (χ1n) is 9.84. The van der Waals surface area contributed by atoms with E-state index in [0.717, 1.165) is 18.6 Å². The van der Waals surface area contributed by atoms with Gasteiger partial charge >= 0.3 is 0 Å². The lowest BCUT2D eigenvalue weighted by atomic mass is 9.85. The Morgan fingerprint density at radius 3 is 2.47 bits per heavy atom. The van der Waals surface area contributed by atoms with Crippen LogP contribution in [0.2, 0.25) is 0 Å². The van der Waals surface area contributed by atoms with E-state index in [1.165, 1.54) is 0 Å². The van der Waals surface area contributed by atoms with E-state index in [1.807, 2.05) is 11.8 Å². The molecular weight excluding hydrogens is 395 g/mol. The molecular formula is C21H26F3N5O. The van der Waals surface area contributed by atoms with Gasteiger partial charge in [-0.2, -0.15) is 5.10 Å². The third-order valence-electron chi connectivity index (χ3n) is 5.76. The zero-order valence-electron chi connectivity index (χ0n) is 17.1. The third-order valence-corrected chi connectivity index (χ3v) is 5.76. The minimum atomic E-state index is -1.14. The molecule has 9 heteroatoms. The molecule has 1 aliphatic rings. The van der Waals surface area contributed by atoms with Gasteiger partial charge in [-0.15, -0.1) is 0 Å². The molecule has 30 heavy (non-hydrogen) atoms. The summed E-state index contributed by atoms with van der Waals surface area (Å²) in [5.41, 5.74) is 5.77. The lowest BCUT2D eigenvalue weighted by molar-refractivity contribution is 0.0891. The average molecular weight is 421 g/mol. The van der Waals surface area contributed by atoms with E-state index in [0.29, 0.717) is 37.4 Å². The number of rotatable bonds is 7. The first-order chi connectivity index (χ1) is 14.2. The van der Waals surface area contributed by atoms with Crippen LogP contribution in [0.4, 0.5) is 19.0 Å². The Kier molecular flexibility index (Phi) is 6.21. The van der Waals surface area contributed by atoms with Gasteiger partial charge in [-0.3, -0.25) is 14.4 Å². The molecule has 162 valence electrons. The van der Waals surface area contributed by atoms with Crippen molar-refractivity contribution >= 4 is 11.7 Å². The maximum Gasteiger partial charge on any atom is 0.254 e. The number of primary amides is 1. The van der Waals surface area contributed by atoms with Gasteiger partial charge in [0.25, 0.3) is 5.91 Å². The van der Waals surface area contributed by atoms with Gasteiger partial charge in [0.05, 0.1) is 5.54 Å². The number of hydrogen-bond donors (Lipinski definition) is 2. The lowest BCUT2D eigenvalue weighted by Crippen LogP contribution is -2.46. The van der Waals surface area contributed by atoms with E-state index in [9.17, 15) is 18.0 Å². The molecule has 0 aliphatic carbocycles. The van der Waals surface area contributed by atoms with Crippen LogP contribution in [0.3, 0.4) is 0 Å². The number of nitrogens with zero attached hydrogens (tertiary/aromatic N) is 3. The summed E-state index contributed by atoms with van der Waals surface area (Å²) in [4.78, 5) is 13.7. The molecule has 3 N–H and O–H groups in total. The molecule has 1 aromatic carbocycles. The van der Waals surface area contributed by atoms with E-state index in [2.05, 4.69) is 17.0 Å². The van der Waals surface area contributed by atoms with Crippen LogP contribution in [0.1, 0.15) is 49.0 Å². The number of piperidine rings is 1. The summed E-state index contributed by atoms with van der Waals surface area (Å²) < 4.78 is 43.3. The average Bonchev–Trinajstić information content (AvgIpc) is 3.13. The number of carbonyl (C=O) groups excluding carboxylic acids is 1. The molecule has 2 heterocycles. The number of halogens is 3. The SMILES string of the molecule is C=C(C)Nc1nn(C2(CC)CCN(Cc3c(F)ccc(F)c3F)CC2)cc1C(N)=O. The fourth-order valence-electron chi connectivity index (χ4n) is 3.90. The molecule has 0 radical (unpaired) electrons. The van der Waals surface area contributed by atoms with Gasteiger partial charge in [0.1, 0.15) is 11.4 Å². The standard InChI is InChI=1S/C21H26F3N5O/c1-4-21(29-12-15(19(25)30)20(27-29)26-13(2)3)7-9-28(10-8-21)11-14-16(22)5-6-17(23)18(14)24/h5-6,12H,2,4,7-11H2,1,3H3,(H2,25,30)(H,26,27). The summed E-state index contributed by atoms with van der Waals surface area (Å²) >= 11 is 0. The van der Waals surface area contributed by atoms with Crippen molar-refractivity contribution < 1.29 is 18.0 Å². The van der Waals surface area contributed by atoms with Gasteiger partial charge in [0, 0.05) is 37.1 Å². The summed E-state index contributed by atoms with van der Waals surface area (Å²) in [6.07, 6.45) is 3.68. The molecule has 0 saturated carbocycles. The van der Waals surface area contributed by atoms with Gasteiger partial charge in [-0.05, 0) is 38.3 Å². The van der Waals surface area contributed by atoms with E-state index in [1.54, 1.807) is 17.8 Å². The third kappa shape index (κ3) is 4.21. The summed E-state index contributed by atoms with van der Waals surface area (Å²) in [5, 5.41) is 7.50. The van der Waals surface area contributed by atoms with Gasteiger partial charge in [0.2, 0.25) is 0 Å². The second kappa shape index (κ2) is 8.51. The van der Waals surface area contributed by atoms with Crippen LogP contribution in [-0.4, -0.2) is 33.7 Å². The largest absolute Gasteiger partial charge is 0.365 e. The monoisotopic (exact) mass is 421 g/mol. The van der Waals surface area contributed by atoms with Gasteiger partial charge < -0.3 is 11.1 Å². The quantitative estimate of drug-likeness (QED) is 0.668. The highest BCUT2D eigenvalue weighted by Gasteiger charge is 2.37. The number of likely N-dealkylation sites (tertiary alicyclic amines) is 1. The first-order valence-corrected chi connectivity index (χ1v) is 9.84. The van der Waals surface area contributed by atoms with Crippen LogP contribution in [0, 0.1) is 17.5 Å². The lowest BCUT2D eigenvalue weighted by Gasteiger charge is -2.41. The summed E-state index contributed by atoms with van der Waals surface area (Å²) in [7, 11) is 0. The van der Waals surface area contributed by atoms with Crippen molar-refractivity contribution in [1.29, 1.82) is 0 Å². The fraction of sp³-hybridized carbons (Fsp3) is 0.429. The Morgan fingerprint density at radius 2 is 1.90 bits per heavy atom. The number of carbonyl (C=O) groups is 1. The molecule has 3 rings (SSSR count). The maximum absolute atomic E-state index is 14.0. The van der Waals surface area contributed by atoms with Crippen molar-refractivity contribution in [3.05, 3.63) is 59.2 Å². The van der Waals surface area contributed by atoms with Crippen molar-refractivity contribution in [2.24, 2.45) is 5.73 Å². The van der Waals surface area contributed by atoms with Crippen LogP contribution in [0.15, 0.2) is 30.6 Å². The Hall–Kier alpha value is -2.81. The van der Waals surface area contributed by atoms with E-state index < -0.39 is 23.4 Å². The van der Waals surface area contributed by atoms with Crippen molar-refractivity contribution in [2.75, 3.05) is 18.4 Å². The Balaban J connectivity index is 1.80. The molecule has 1 aromatic heterocycles. The van der Waals surface area contributed by atoms with Crippen molar-refractivity contribution in [2.45, 2.75) is 45.2 Å². The minimum absolute atomic E-state index is 0.0106.